The van der Waals surface area contributed by atoms with E-state index in [4.69, 9.17) is 5.73 Å². The fraction of sp³-hybridized carbons (Fsp3) is 0.667. The van der Waals surface area contributed by atoms with Gasteiger partial charge in [-0.2, -0.15) is 0 Å². The molecule has 1 saturated carbocycles. The topological polar surface area (TPSA) is 26.0 Å². The molecule has 2 aliphatic rings. The molecule has 1 nitrogen and oxygen atoms in total. The zero-order chi connectivity index (χ0) is 13.4. The Morgan fingerprint density at radius 2 is 1.84 bits per heavy atom. The number of rotatable bonds is 2. The number of nitrogens with two attached hydrogens (primary N) is 1. The van der Waals surface area contributed by atoms with Gasteiger partial charge >= 0.3 is 0 Å². The average Bonchev–Trinajstić information content (AvgIpc) is 2.85. The number of fused-ring (bicyclic) bond motifs is 1. The number of hydrogen-bond acceptors (Lipinski definition) is 1. The number of benzene rings is 1. The molecule has 19 heavy (non-hydrogen) atoms. The maximum absolute atomic E-state index is 6.68. The normalized spacial score (nSPS) is 35.9. The molecule has 5 atom stereocenters. The summed E-state index contributed by atoms with van der Waals surface area (Å²) in [5.74, 6) is 3.09. The molecule has 1 aromatic rings. The summed E-state index contributed by atoms with van der Waals surface area (Å²) in [6.45, 7) is 4.81. The van der Waals surface area contributed by atoms with Gasteiger partial charge in [-0.15, -0.1) is 0 Å². The standard InChI is InChI=1S/C18H27N/c1-12-7-8-15(11-13(12)2)18(19)17-10-9-14-5-3-4-6-16(14)17/h3-6,12-13,15,17-18H,7-11,19H2,1-2H3. The van der Waals surface area contributed by atoms with Crippen molar-refractivity contribution in [1.29, 1.82) is 0 Å². The molecule has 3 rings (SSSR count). The molecule has 5 unspecified atom stereocenters. The summed E-state index contributed by atoms with van der Waals surface area (Å²) in [4.78, 5) is 0. The van der Waals surface area contributed by atoms with E-state index in [1.54, 1.807) is 11.1 Å². The van der Waals surface area contributed by atoms with Gasteiger partial charge in [0.05, 0.1) is 0 Å². The van der Waals surface area contributed by atoms with Crippen molar-refractivity contribution in [3.63, 3.8) is 0 Å². The zero-order valence-corrected chi connectivity index (χ0v) is 12.3. The summed E-state index contributed by atoms with van der Waals surface area (Å²) >= 11 is 0. The summed E-state index contributed by atoms with van der Waals surface area (Å²) in [6.07, 6.45) is 6.54. The molecule has 0 spiro atoms. The largest absolute Gasteiger partial charge is 0.327 e. The maximum Gasteiger partial charge on any atom is 0.0137 e. The lowest BCUT2D eigenvalue weighted by Crippen LogP contribution is -2.39. The Hall–Kier alpha value is -0.820. The SMILES string of the molecule is CC1CCC(C(N)C2CCc3ccccc32)CC1C. The van der Waals surface area contributed by atoms with E-state index >= 15 is 0 Å². The van der Waals surface area contributed by atoms with Crippen molar-refractivity contribution in [3.8, 4) is 0 Å². The van der Waals surface area contributed by atoms with Crippen LogP contribution in [0.1, 0.15) is 56.6 Å². The molecular formula is C18H27N. The third kappa shape index (κ3) is 2.45. The minimum Gasteiger partial charge on any atom is -0.327 e. The highest BCUT2D eigenvalue weighted by Gasteiger charge is 2.35. The Morgan fingerprint density at radius 1 is 1.05 bits per heavy atom. The molecule has 2 N–H and O–H groups in total. The predicted molar refractivity (Wildman–Crippen MR) is 81.1 cm³/mol. The third-order valence-corrected chi connectivity index (χ3v) is 5.83. The van der Waals surface area contributed by atoms with Crippen LogP contribution >= 0.6 is 0 Å². The molecule has 0 aliphatic heterocycles. The van der Waals surface area contributed by atoms with Crippen LogP contribution in [-0.4, -0.2) is 6.04 Å². The van der Waals surface area contributed by atoms with Gasteiger partial charge < -0.3 is 5.73 Å². The van der Waals surface area contributed by atoms with Crippen LogP contribution in [0, 0.1) is 17.8 Å². The first kappa shape index (κ1) is 13.2. The number of hydrogen-bond donors (Lipinski definition) is 1. The lowest BCUT2D eigenvalue weighted by molar-refractivity contribution is 0.174. The predicted octanol–water partition coefficient (Wildman–Crippen LogP) is 4.12. The fourth-order valence-corrected chi connectivity index (χ4v) is 4.26. The Labute approximate surface area is 117 Å². The first-order valence-electron chi connectivity index (χ1n) is 8.00. The highest BCUT2D eigenvalue weighted by Crippen LogP contribution is 2.42. The zero-order valence-electron chi connectivity index (χ0n) is 12.3. The smallest absolute Gasteiger partial charge is 0.0137 e. The summed E-state index contributed by atoms with van der Waals surface area (Å²) in [6, 6.07) is 9.31. The van der Waals surface area contributed by atoms with Gasteiger partial charge in [0.25, 0.3) is 0 Å². The van der Waals surface area contributed by atoms with Gasteiger partial charge in [0.2, 0.25) is 0 Å². The van der Waals surface area contributed by atoms with Gasteiger partial charge in [0.1, 0.15) is 0 Å². The highest BCUT2D eigenvalue weighted by atomic mass is 14.7. The minimum absolute atomic E-state index is 0.374. The van der Waals surface area contributed by atoms with Crippen molar-refractivity contribution >= 4 is 0 Å². The van der Waals surface area contributed by atoms with Gasteiger partial charge in [-0.25, -0.2) is 0 Å². The molecule has 0 bridgehead atoms. The molecule has 0 saturated heterocycles. The first-order valence-corrected chi connectivity index (χ1v) is 8.00. The van der Waals surface area contributed by atoms with Crippen LogP contribution in [0.25, 0.3) is 0 Å². The van der Waals surface area contributed by atoms with Crippen molar-refractivity contribution in [2.24, 2.45) is 23.5 Å². The Morgan fingerprint density at radius 3 is 2.63 bits per heavy atom. The van der Waals surface area contributed by atoms with Crippen LogP contribution in [0.2, 0.25) is 0 Å². The van der Waals surface area contributed by atoms with Crippen LogP contribution in [0.3, 0.4) is 0 Å². The van der Waals surface area contributed by atoms with Crippen molar-refractivity contribution in [2.75, 3.05) is 0 Å². The van der Waals surface area contributed by atoms with Crippen molar-refractivity contribution in [2.45, 2.75) is 57.9 Å². The molecule has 104 valence electrons. The van der Waals surface area contributed by atoms with E-state index in [-0.39, 0.29) is 0 Å². The average molecular weight is 257 g/mol. The van der Waals surface area contributed by atoms with Gasteiger partial charge in [-0.05, 0) is 60.5 Å². The van der Waals surface area contributed by atoms with E-state index < -0.39 is 0 Å². The van der Waals surface area contributed by atoms with Crippen LogP contribution in [0.15, 0.2) is 24.3 Å². The van der Waals surface area contributed by atoms with E-state index in [0.717, 1.165) is 17.8 Å². The first-order chi connectivity index (χ1) is 9.16. The van der Waals surface area contributed by atoms with Gasteiger partial charge in [0.15, 0.2) is 0 Å². The molecule has 0 heterocycles. The summed E-state index contributed by atoms with van der Waals surface area (Å²) in [7, 11) is 0. The quantitative estimate of drug-likeness (QED) is 0.847. The van der Waals surface area contributed by atoms with E-state index in [9.17, 15) is 0 Å². The van der Waals surface area contributed by atoms with Crippen molar-refractivity contribution in [1.82, 2.24) is 0 Å². The van der Waals surface area contributed by atoms with Gasteiger partial charge in [-0.1, -0.05) is 44.5 Å². The second kappa shape index (κ2) is 5.28. The highest BCUT2D eigenvalue weighted by molar-refractivity contribution is 5.36. The Bertz CT molecular complexity index is 439. The van der Waals surface area contributed by atoms with Crippen molar-refractivity contribution < 1.29 is 0 Å². The van der Waals surface area contributed by atoms with Crippen LogP contribution in [-0.2, 0) is 6.42 Å². The second-order valence-corrected chi connectivity index (χ2v) is 6.95. The number of aryl methyl sites for hydroxylation is 1. The summed E-state index contributed by atoms with van der Waals surface area (Å²) in [5, 5.41) is 0. The molecule has 0 radical (unpaired) electrons. The van der Waals surface area contributed by atoms with Crippen molar-refractivity contribution in [3.05, 3.63) is 35.4 Å². The van der Waals surface area contributed by atoms with Crippen LogP contribution in [0.4, 0.5) is 0 Å². The Balaban J connectivity index is 1.73. The lowest BCUT2D eigenvalue weighted by Gasteiger charge is -2.37. The van der Waals surface area contributed by atoms with E-state index in [1.165, 1.54) is 32.1 Å². The lowest BCUT2D eigenvalue weighted by atomic mass is 9.70. The van der Waals surface area contributed by atoms with Gasteiger partial charge in [-0.3, -0.25) is 0 Å². The van der Waals surface area contributed by atoms with E-state index in [0.29, 0.717) is 12.0 Å². The molecule has 1 aromatic carbocycles. The molecule has 2 aliphatic carbocycles. The summed E-state index contributed by atoms with van der Waals surface area (Å²) in [5.41, 5.74) is 9.76. The van der Waals surface area contributed by atoms with E-state index in [1.807, 2.05) is 0 Å². The molecule has 0 aromatic heterocycles. The molecule has 0 amide bonds. The third-order valence-electron chi connectivity index (χ3n) is 5.83. The Kier molecular flexibility index (Phi) is 3.66. The van der Waals surface area contributed by atoms with Crippen LogP contribution in [0.5, 0.6) is 0 Å². The molecule has 1 fully saturated rings. The van der Waals surface area contributed by atoms with Gasteiger partial charge in [0, 0.05) is 6.04 Å². The minimum atomic E-state index is 0.374. The monoisotopic (exact) mass is 257 g/mol. The fourth-order valence-electron chi connectivity index (χ4n) is 4.26. The van der Waals surface area contributed by atoms with E-state index in [2.05, 4.69) is 38.1 Å². The summed E-state index contributed by atoms with van der Waals surface area (Å²) < 4.78 is 0. The molecular weight excluding hydrogens is 230 g/mol. The second-order valence-electron chi connectivity index (χ2n) is 6.95. The van der Waals surface area contributed by atoms with Crippen LogP contribution < -0.4 is 5.73 Å². The maximum atomic E-state index is 6.68. The molecule has 1 heteroatoms.